The molecular formula is C22H23F3N4OS. The number of allylic oxidation sites excluding steroid dienone is 3. The fourth-order valence-electron chi connectivity index (χ4n) is 3.72. The standard InChI is InChI=1S/C22H23F3N4OS/c1-12(17(26)8-13-2-5-16(6-3-13)22(23,24)25)28-21-27-11-19(31-21)14-4-7-18-15(9-14)10-20(30)29-18/h2,4-5,7,9,11-12,17H,3,6,8,10,26H2,1H3,(H,27,28)(H,29,30)/t12-,17+/m1/s1. The molecule has 1 aromatic heterocycles. The number of carbonyl (C=O) groups is 1. The molecule has 1 aliphatic heterocycles. The Bertz CT molecular complexity index is 1060. The first-order valence-electron chi connectivity index (χ1n) is 10.1. The van der Waals surface area contributed by atoms with E-state index in [1.807, 2.05) is 25.1 Å². The zero-order chi connectivity index (χ0) is 22.2. The van der Waals surface area contributed by atoms with Gasteiger partial charge < -0.3 is 16.4 Å². The van der Waals surface area contributed by atoms with Crippen LogP contribution in [0, 0.1) is 0 Å². The number of hydrogen-bond acceptors (Lipinski definition) is 5. The lowest BCUT2D eigenvalue weighted by molar-refractivity contribution is -0.115. The van der Waals surface area contributed by atoms with Crippen LogP contribution in [0.4, 0.5) is 24.0 Å². The van der Waals surface area contributed by atoms with Gasteiger partial charge in [-0.3, -0.25) is 4.79 Å². The first kappa shape index (κ1) is 21.6. The summed E-state index contributed by atoms with van der Waals surface area (Å²) >= 11 is 1.49. The molecule has 2 atom stereocenters. The van der Waals surface area contributed by atoms with E-state index in [0.29, 0.717) is 19.3 Å². The molecule has 9 heteroatoms. The highest BCUT2D eigenvalue weighted by Gasteiger charge is 2.33. The predicted octanol–water partition coefficient (Wildman–Crippen LogP) is 5.03. The Morgan fingerprint density at radius 1 is 1.29 bits per heavy atom. The lowest BCUT2D eigenvalue weighted by Gasteiger charge is -2.24. The Morgan fingerprint density at radius 3 is 2.81 bits per heavy atom. The van der Waals surface area contributed by atoms with Gasteiger partial charge in [0, 0.05) is 29.5 Å². The number of nitrogens with two attached hydrogens (primary N) is 1. The molecular weight excluding hydrogens is 425 g/mol. The number of fused-ring (bicyclic) bond motifs is 1. The maximum Gasteiger partial charge on any atom is 0.412 e. The molecule has 1 amide bonds. The van der Waals surface area contributed by atoms with Gasteiger partial charge in [-0.05, 0) is 49.4 Å². The zero-order valence-electron chi connectivity index (χ0n) is 16.9. The minimum Gasteiger partial charge on any atom is -0.357 e. The molecule has 2 aliphatic rings. The van der Waals surface area contributed by atoms with Crippen molar-refractivity contribution in [2.75, 3.05) is 10.6 Å². The Labute approximate surface area is 182 Å². The fraction of sp³-hybridized carbons (Fsp3) is 0.364. The number of rotatable bonds is 6. The largest absolute Gasteiger partial charge is 0.412 e. The van der Waals surface area contributed by atoms with Crippen molar-refractivity contribution >= 4 is 28.1 Å². The van der Waals surface area contributed by atoms with Crippen molar-refractivity contribution in [3.63, 3.8) is 0 Å². The molecule has 0 saturated carbocycles. The Kier molecular flexibility index (Phi) is 5.90. The summed E-state index contributed by atoms with van der Waals surface area (Å²) in [4.78, 5) is 16.9. The van der Waals surface area contributed by atoms with Crippen LogP contribution in [-0.2, 0) is 11.2 Å². The second-order valence-corrected chi connectivity index (χ2v) is 8.97. The number of anilines is 2. The molecule has 0 saturated heterocycles. The van der Waals surface area contributed by atoms with Gasteiger partial charge in [-0.2, -0.15) is 13.2 Å². The van der Waals surface area contributed by atoms with Gasteiger partial charge in [0.2, 0.25) is 5.91 Å². The van der Waals surface area contributed by atoms with E-state index >= 15 is 0 Å². The molecule has 2 aromatic rings. The molecule has 1 aliphatic carbocycles. The molecule has 164 valence electrons. The van der Waals surface area contributed by atoms with Crippen LogP contribution in [0.15, 0.2) is 47.7 Å². The maximum absolute atomic E-state index is 12.8. The van der Waals surface area contributed by atoms with Crippen LogP contribution >= 0.6 is 11.3 Å². The summed E-state index contributed by atoms with van der Waals surface area (Å²) in [6.45, 7) is 1.94. The van der Waals surface area contributed by atoms with Crippen LogP contribution in [-0.4, -0.2) is 29.2 Å². The van der Waals surface area contributed by atoms with E-state index in [-0.39, 0.29) is 24.4 Å². The van der Waals surface area contributed by atoms with Crippen LogP contribution in [0.5, 0.6) is 0 Å². The van der Waals surface area contributed by atoms with Crippen molar-refractivity contribution in [2.24, 2.45) is 5.73 Å². The monoisotopic (exact) mass is 448 g/mol. The molecule has 0 radical (unpaired) electrons. The fourth-order valence-corrected chi connectivity index (χ4v) is 4.63. The van der Waals surface area contributed by atoms with Crippen molar-refractivity contribution in [1.29, 1.82) is 0 Å². The van der Waals surface area contributed by atoms with Gasteiger partial charge >= 0.3 is 6.18 Å². The van der Waals surface area contributed by atoms with Crippen LogP contribution in [0.1, 0.15) is 31.7 Å². The molecule has 4 N–H and O–H groups in total. The lowest BCUT2D eigenvalue weighted by atomic mass is 9.92. The Morgan fingerprint density at radius 2 is 2.10 bits per heavy atom. The number of benzene rings is 1. The van der Waals surface area contributed by atoms with Gasteiger partial charge in [0.05, 0.1) is 11.3 Å². The number of carbonyl (C=O) groups excluding carboxylic acids is 1. The SMILES string of the molecule is C[C@@H](Nc1ncc(-c2ccc3c(c2)CC(=O)N3)s1)[C@@H](N)CC1=CC=C(C(F)(F)F)CC1. The van der Waals surface area contributed by atoms with E-state index in [2.05, 4.69) is 15.6 Å². The number of nitrogens with one attached hydrogen (secondary N) is 2. The van der Waals surface area contributed by atoms with Crippen molar-refractivity contribution < 1.29 is 18.0 Å². The molecule has 1 aromatic carbocycles. The van der Waals surface area contributed by atoms with Gasteiger partial charge in [0.25, 0.3) is 0 Å². The normalized spacial score (nSPS) is 18.0. The Hall–Kier alpha value is -2.65. The molecule has 0 bridgehead atoms. The van der Waals surface area contributed by atoms with E-state index in [0.717, 1.165) is 38.5 Å². The van der Waals surface area contributed by atoms with E-state index < -0.39 is 11.7 Å². The quantitative estimate of drug-likeness (QED) is 0.579. The van der Waals surface area contributed by atoms with Crippen LogP contribution in [0.3, 0.4) is 0 Å². The maximum atomic E-state index is 12.8. The van der Waals surface area contributed by atoms with E-state index in [1.54, 1.807) is 12.3 Å². The molecule has 5 nitrogen and oxygen atoms in total. The summed E-state index contributed by atoms with van der Waals surface area (Å²) in [6, 6.07) is 5.50. The number of amides is 1. The van der Waals surface area contributed by atoms with E-state index in [9.17, 15) is 18.0 Å². The number of nitrogens with zero attached hydrogens (tertiary/aromatic N) is 1. The van der Waals surface area contributed by atoms with E-state index in [4.69, 9.17) is 5.73 Å². The smallest absolute Gasteiger partial charge is 0.357 e. The second kappa shape index (κ2) is 8.47. The second-order valence-electron chi connectivity index (χ2n) is 7.94. The number of halogens is 3. The first-order chi connectivity index (χ1) is 14.7. The van der Waals surface area contributed by atoms with Crippen molar-refractivity contribution in [1.82, 2.24) is 4.98 Å². The minimum absolute atomic E-state index is 0.000163. The average Bonchev–Trinajstić information content (AvgIpc) is 3.32. The third-order valence-corrected chi connectivity index (χ3v) is 6.59. The number of thiazole rings is 1. The number of alkyl halides is 3. The van der Waals surface area contributed by atoms with Gasteiger partial charge in [-0.1, -0.05) is 35.1 Å². The summed E-state index contributed by atoms with van der Waals surface area (Å²) in [7, 11) is 0. The first-order valence-corrected chi connectivity index (χ1v) is 10.9. The zero-order valence-corrected chi connectivity index (χ0v) is 17.7. The third kappa shape index (κ3) is 4.99. The summed E-state index contributed by atoms with van der Waals surface area (Å²) in [6.07, 6.45) is 1.53. The van der Waals surface area contributed by atoms with E-state index in [1.165, 1.54) is 11.3 Å². The highest BCUT2D eigenvalue weighted by Crippen LogP contribution is 2.35. The number of hydrogen-bond donors (Lipinski definition) is 3. The van der Waals surface area contributed by atoms with Gasteiger partial charge in [0.15, 0.2) is 5.13 Å². The van der Waals surface area contributed by atoms with Crippen LogP contribution in [0.25, 0.3) is 10.4 Å². The summed E-state index contributed by atoms with van der Waals surface area (Å²) < 4.78 is 38.3. The summed E-state index contributed by atoms with van der Waals surface area (Å²) in [5, 5.41) is 6.86. The molecule has 0 fully saturated rings. The third-order valence-electron chi connectivity index (χ3n) is 5.61. The molecule has 2 heterocycles. The topological polar surface area (TPSA) is 80.0 Å². The van der Waals surface area contributed by atoms with Crippen LogP contribution < -0.4 is 16.4 Å². The van der Waals surface area contributed by atoms with Crippen molar-refractivity contribution in [2.45, 2.75) is 50.9 Å². The molecule has 31 heavy (non-hydrogen) atoms. The molecule has 4 rings (SSSR count). The van der Waals surface area contributed by atoms with Gasteiger partial charge in [-0.25, -0.2) is 4.98 Å². The van der Waals surface area contributed by atoms with Crippen molar-refractivity contribution in [3.8, 4) is 10.4 Å². The average molecular weight is 449 g/mol. The van der Waals surface area contributed by atoms with Crippen molar-refractivity contribution in [3.05, 3.63) is 53.3 Å². The lowest BCUT2D eigenvalue weighted by Crippen LogP contribution is -2.38. The molecule has 0 spiro atoms. The minimum atomic E-state index is -4.26. The highest BCUT2D eigenvalue weighted by molar-refractivity contribution is 7.18. The summed E-state index contributed by atoms with van der Waals surface area (Å²) in [5.74, 6) is -0.000163. The highest BCUT2D eigenvalue weighted by atomic mass is 32.1. The van der Waals surface area contributed by atoms with Gasteiger partial charge in [0.1, 0.15) is 0 Å². The Balaban J connectivity index is 1.36. The summed E-state index contributed by atoms with van der Waals surface area (Å²) in [5.41, 5.74) is 9.56. The van der Waals surface area contributed by atoms with Gasteiger partial charge in [-0.15, -0.1) is 0 Å². The predicted molar refractivity (Wildman–Crippen MR) is 117 cm³/mol. The molecule has 0 unspecified atom stereocenters. The van der Waals surface area contributed by atoms with Crippen LogP contribution in [0.2, 0.25) is 0 Å². The number of aromatic nitrogens is 1.